The van der Waals surface area contributed by atoms with Crippen LogP contribution in [0.25, 0.3) is 0 Å². The van der Waals surface area contributed by atoms with E-state index in [1.165, 1.54) is 21.0 Å². The summed E-state index contributed by atoms with van der Waals surface area (Å²) in [6.45, 7) is 10.9. The van der Waals surface area contributed by atoms with Crippen molar-refractivity contribution in [2.75, 3.05) is 19.6 Å². The molecule has 0 bridgehead atoms. The summed E-state index contributed by atoms with van der Waals surface area (Å²) < 4.78 is 0. The fourth-order valence-corrected chi connectivity index (χ4v) is 3.37. The van der Waals surface area contributed by atoms with E-state index in [9.17, 15) is 0 Å². The Balaban J connectivity index is 0.00000312. The number of hydrogen-bond acceptors (Lipinski definition) is 3. The minimum absolute atomic E-state index is 0. The van der Waals surface area contributed by atoms with E-state index >= 15 is 0 Å². The Hall–Kier alpha value is -1.15. The summed E-state index contributed by atoms with van der Waals surface area (Å²) in [5.74, 6) is 0.884. The van der Waals surface area contributed by atoms with Gasteiger partial charge < -0.3 is 10.6 Å². The number of rotatable bonds is 7. The van der Waals surface area contributed by atoms with E-state index in [1.807, 2.05) is 0 Å². The maximum absolute atomic E-state index is 4.66. The average Bonchev–Trinajstić information content (AvgIpc) is 2.86. The lowest BCUT2D eigenvalue weighted by Crippen LogP contribution is -2.38. The first kappa shape index (κ1) is 21.9. The fourth-order valence-electron chi connectivity index (χ4n) is 2.44. The average molecular weight is 472 g/mol. The van der Waals surface area contributed by atoms with Gasteiger partial charge in [-0.1, -0.05) is 29.8 Å². The quantitative estimate of drug-likeness (QED) is 0.364. The molecule has 0 unspecified atom stereocenters. The van der Waals surface area contributed by atoms with Crippen LogP contribution in [0.3, 0.4) is 0 Å². The minimum Gasteiger partial charge on any atom is -0.357 e. The van der Waals surface area contributed by atoms with Crippen LogP contribution in [0.4, 0.5) is 0 Å². The molecule has 0 fully saturated rings. The number of aliphatic imine (C=N–C) groups is 1. The number of benzene rings is 1. The molecule has 0 spiro atoms. The van der Waals surface area contributed by atoms with Gasteiger partial charge >= 0.3 is 0 Å². The number of thiazole rings is 1. The molecule has 0 saturated carbocycles. The van der Waals surface area contributed by atoms with Gasteiger partial charge in [0.25, 0.3) is 0 Å². The number of nitrogens with zero attached hydrogens (tertiary/aromatic N) is 2. The van der Waals surface area contributed by atoms with Crippen LogP contribution < -0.4 is 10.6 Å². The van der Waals surface area contributed by atoms with Crippen LogP contribution in [0.2, 0.25) is 0 Å². The largest absolute Gasteiger partial charge is 0.357 e. The van der Waals surface area contributed by atoms with Crippen molar-refractivity contribution < 1.29 is 0 Å². The topological polar surface area (TPSA) is 49.3 Å². The number of aromatic nitrogens is 1. The lowest BCUT2D eigenvalue weighted by Gasteiger charge is -2.11. The summed E-state index contributed by atoms with van der Waals surface area (Å²) in [5, 5.41) is 7.89. The lowest BCUT2D eigenvalue weighted by molar-refractivity contribution is 0.795. The fraction of sp³-hybridized carbons (Fsp3) is 0.474. The first-order valence-corrected chi connectivity index (χ1v) is 9.40. The molecule has 2 aromatic rings. The van der Waals surface area contributed by atoms with E-state index in [0.29, 0.717) is 0 Å². The van der Waals surface area contributed by atoms with Gasteiger partial charge in [-0.15, -0.1) is 35.3 Å². The highest BCUT2D eigenvalue weighted by atomic mass is 127. The van der Waals surface area contributed by atoms with E-state index in [2.05, 4.69) is 72.6 Å². The van der Waals surface area contributed by atoms with Gasteiger partial charge in [0.05, 0.1) is 10.7 Å². The predicted molar refractivity (Wildman–Crippen MR) is 120 cm³/mol. The summed E-state index contributed by atoms with van der Waals surface area (Å²) >= 11 is 1.77. The lowest BCUT2D eigenvalue weighted by atomic mass is 10.1. The van der Waals surface area contributed by atoms with Crippen molar-refractivity contribution in [3.8, 4) is 0 Å². The number of halogens is 1. The summed E-state index contributed by atoms with van der Waals surface area (Å²) in [5.41, 5.74) is 3.80. The Morgan fingerprint density at radius 2 is 1.96 bits per heavy atom. The molecule has 1 heterocycles. The SMILES string of the molecule is CCNC(=NCCc1nc(C)c(C)s1)NCCc1cccc(C)c1.I. The molecule has 0 saturated heterocycles. The molecule has 0 atom stereocenters. The smallest absolute Gasteiger partial charge is 0.191 e. The van der Waals surface area contributed by atoms with Crippen molar-refractivity contribution in [1.29, 1.82) is 0 Å². The molecular weight excluding hydrogens is 443 g/mol. The molecule has 6 heteroatoms. The van der Waals surface area contributed by atoms with Gasteiger partial charge in [-0.25, -0.2) is 4.98 Å². The molecule has 1 aromatic carbocycles. The second-order valence-corrected chi connectivity index (χ2v) is 7.21. The Morgan fingerprint density at radius 1 is 1.16 bits per heavy atom. The van der Waals surface area contributed by atoms with Crippen molar-refractivity contribution in [3.63, 3.8) is 0 Å². The Kier molecular flexibility index (Phi) is 10.0. The normalized spacial score (nSPS) is 11.1. The van der Waals surface area contributed by atoms with E-state index < -0.39 is 0 Å². The third-order valence-electron chi connectivity index (χ3n) is 3.80. The molecule has 0 radical (unpaired) electrons. The highest BCUT2D eigenvalue weighted by Crippen LogP contribution is 2.16. The van der Waals surface area contributed by atoms with Crippen molar-refractivity contribution in [2.24, 2.45) is 4.99 Å². The molecule has 0 amide bonds. The second-order valence-electron chi connectivity index (χ2n) is 5.93. The standard InChI is InChI=1S/C19H28N4S.HI/c1-5-20-19(21-11-9-17-8-6-7-14(2)13-17)22-12-10-18-23-15(3)16(4)24-18;/h6-8,13H,5,9-12H2,1-4H3,(H2,20,21,22);1H. The van der Waals surface area contributed by atoms with Crippen LogP contribution in [0.1, 0.15) is 33.6 Å². The first-order chi connectivity index (χ1) is 11.6. The van der Waals surface area contributed by atoms with Crippen molar-refractivity contribution in [2.45, 2.75) is 40.5 Å². The van der Waals surface area contributed by atoms with Crippen LogP contribution in [-0.2, 0) is 12.8 Å². The van der Waals surface area contributed by atoms with Crippen LogP contribution in [0.15, 0.2) is 29.3 Å². The van der Waals surface area contributed by atoms with Gasteiger partial charge in [0.2, 0.25) is 0 Å². The van der Waals surface area contributed by atoms with Crippen molar-refractivity contribution in [3.05, 3.63) is 51.0 Å². The molecule has 1 aromatic heterocycles. The van der Waals surface area contributed by atoms with Gasteiger partial charge in [-0.2, -0.15) is 0 Å². The van der Waals surface area contributed by atoms with Gasteiger partial charge in [0, 0.05) is 30.9 Å². The Bertz CT molecular complexity index is 662. The molecule has 4 nitrogen and oxygen atoms in total. The maximum atomic E-state index is 4.66. The summed E-state index contributed by atoms with van der Waals surface area (Å²) in [4.78, 5) is 10.5. The number of aryl methyl sites for hydroxylation is 3. The third-order valence-corrected chi connectivity index (χ3v) is 4.93. The zero-order chi connectivity index (χ0) is 17.4. The molecule has 0 aliphatic carbocycles. The summed E-state index contributed by atoms with van der Waals surface area (Å²) in [6.07, 6.45) is 1.89. The van der Waals surface area contributed by atoms with Gasteiger partial charge in [0.1, 0.15) is 0 Å². The van der Waals surface area contributed by atoms with Gasteiger partial charge in [-0.05, 0) is 39.7 Å². The van der Waals surface area contributed by atoms with Crippen LogP contribution in [0.5, 0.6) is 0 Å². The van der Waals surface area contributed by atoms with E-state index in [1.54, 1.807) is 11.3 Å². The van der Waals surface area contributed by atoms with Crippen molar-refractivity contribution in [1.82, 2.24) is 15.6 Å². The van der Waals surface area contributed by atoms with Crippen LogP contribution in [-0.4, -0.2) is 30.6 Å². The predicted octanol–water partition coefficient (Wildman–Crippen LogP) is 4.03. The molecule has 138 valence electrons. The highest BCUT2D eigenvalue weighted by molar-refractivity contribution is 14.0. The summed E-state index contributed by atoms with van der Waals surface area (Å²) in [7, 11) is 0. The van der Waals surface area contributed by atoms with E-state index in [0.717, 1.165) is 44.1 Å². The molecule has 0 aliphatic heterocycles. The van der Waals surface area contributed by atoms with Crippen molar-refractivity contribution >= 4 is 41.3 Å². The maximum Gasteiger partial charge on any atom is 0.191 e. The van der Waals surface area contributed by atoms with Gasteiger partial charge in [0.15, 0.2) is 5.96 Å². The zero-order valence-corrected chi connectivity index (χ0v) is 18.7. The Morgan fingerprint density at radius 3 is 2.60 bits per heavy atom. The molecular formula is C19H29IN4S. The van der Waals surface area contributed by atoms with Crippen LogP contribution >= 0.6 is 35.3 Å². The molecule has 2 N–H and O–H groups in total. The molecule has 2 rings (SSSR count). The number of nitrogens with one attached hydrogen (secondary N) is 2. The summed E-state index contributed by atoms with van der Waals surface area (Å²) in [6, 6.07) is 8.65. The monoisotopic (exact) mass is 472 g/mol. The third kappa shape index (κ3) is 7.73. The van der Waals surface area contributed by atoms with Gasteiger partial charge in [-0.3, -0.25) is 4.99 Å². The second kappa shape index (κ2) is 11.5. The van der Waals surface area contributed by atoms with E-state index in [-0.39, 0.29) is 24.0 Å². The molecule has 25 heavy (non-hydrogen) atoms. The number of hydrogen-bond donors (Lipinski definition) is 2. The van der Waals surface area contributed by atoms with E-state index in [4.69, 9.17) is 0 Å². The minimum atomic E-state index is 0. The molecule has 0 aliphatic rings. The van der Waals surface area contributed by atoms with Crippen LogP contribution in [0, 0.1) is 20.8 Å². The number of guanidine groups is 1. The first-order valence-electron chi connectivity index (χ1n) is 8.59. The zero-order valence-electron chi connectivity index (χ0n) is 15.6. The Labute approximate surface area is 172 Å². The highest BCUT2D eigenvalue weighted by Gasteiger charge is 2.03.